The second-order valence-corrected chi connectivity index (χ2v) is 14.5. The van der Waals surface area contributed by atoms with Gasteiger partial charge in [0.15, 0.2) is 0 Å². The molecule has 0 amide bonds. The third-order valence-corrected chi connectivity index (χ3v) is 11.7. The van der Waals surface area contributed by atoms with E-state index in [0.29, 0.717) is 0 Å². The molecule has 250 valence electrons. The Balaban J connectivity index is 1.04. The summed E-state index contributed by atoms with van der Waals surface area (Å²) in [6, 6.07) is 71.5. The van der Waals surface area contributed by atoms with Crippen molar-refractivity contribution in [2.45, 2.75) is 0 Å². The first kappa shape index (κ1) is 29.4. The van der Waals surface area contributed by atoms with Crippen LogP contribution in [0.25, 0.3) is 110 Å². The van der Waals surface area contributed by atoms with E-state index in [2.05, 4.69) is 203 Å². The van der Waals surface area contributed by atoms with Crippen LogP contribution in [0.15, 0.2) is 194 Å². The number of nitrogens with zero attached hydrogens (tertiary/aromatic N) is 2. The number of benzene rings is 9. The van der Waals surface area contributed by atoms with Crippen molar-refractivity contribution in [3.63, 3.8) is 0 Å². The van der Waals surface area contributed by atoms with Crippen molar-refractivity contribution in [3.8, 4) is 55.9 Å². The molecule has 0 spiro atoms. The molecule has 0 saturated carbocycles. The van der Waals surface area contributed by atoms with Gasteiger partial charge >= 0.3 is 0 Å². The number of rotatable bonds is 4. The number of aromatic nitrogens is 2. The molecule has 0 saturated heterocycles. The van der Waals surface area contributed by atoms with Crippen LogP contribution >= 0.6 is 0 Å². The molecule has 11 aromatic rings. The monoisotopic (exact) mass is 684 g/mol. The van der Waals surface area contributed by atoms with Crippen molar-refractivity contribution in [2.24, 2.45) is 0 Å². The first-order valence-corrected chi connectivity index (χ1v) is 18.7. The molecule has 54 heavy (non-hydrogen) atoms. The normalized spacial score (nSPS) is 12.1. The van der Waals surface area contributed by atoms with Crippen molar-refractivity contribution < 1.29 is 0 Å². The molecular formula is C52H32N2. The molecule has 1 aliphatic rings. The maximum Gasteiger partial charge on any atom is 0.0553 e. The largest absolute Gasteiger partial charge is 0.309 e. The highest BCUT2D eigenvalue weighted by Crippen LogP contribution is 2.50. The summed E-state index contributed by atoms with van der Waals surface area (Å²) in [6.45, 7) is 0. The van der Waals surface area contributed by atoms with E-state index in [9.17, 15) is 0 Å². The standard InChI is InChI=1S/C52H32N2/c1-2-11-33(12-3-1)37-31-45-41-15-5-4-14-40(41)44-18-10-13-36-25-30-48-52(50(36)44)51(45)49(32-37)54(48)39-28-23-35(24-29-39)34-21-26-38(27-22-34)53-46-19-8-6-16-42(46)43-17-7-9-20-47(43)53/h1-32H. The van der Waals surface area contributed by atoms with Crippen LogP contribution in [-0.4, -0.2) is 9.13 Å². The summed E-state index contributed by atoms with van der Waals surface area (Å²) < 4.78 is 4.86. The smallest absolute Gasteiger partial charge is 0.0553 e. The van der Waals surface area contributed by atoms with Gasteiger partial charge < -0.3 is 9.13 Å². The fraction of sp³-hybridized carbons (Fsp3) is 0. The number of fused-ring (bicyclic) bond motifs is 6. The summed E-state index contributed by atoms with van der Waals surface area (Å²) in [5.41, 5.74) is 17.2. The molecule has 1 aliphatic carbocycles. The van der Waals surface area contributed by atoms with Gasteiger partial charge in [0.05, 0.1) is 22.1 Å². The molecule has 0 N–H and O–H groups in total. The minimum absolute atomic E-state index is 1.16. The van der Waals surface area contributed by atoms with Crippen LogP contribution in [0.3, 0.4) is 0 Å². The van der Waals surface area contributed by atoms with Gasteiger partial charge in [-0.2, -0.15) is 0 Å². The van der Waals surface area contributed by atoms with E-state index in [4.69, 9.17) is 0 Å². The van der Waals surface area contributed by atoms with Crippen LogP contribution in [0.2, 0.25) is 0 Å². The van der Waals surface area contributed by atoms with E-state index >= 15 is 0 Å². The molecule has 2 heteroatoms. The van der Waals surface area contributed by atoms with Gasteiger partial charge in [-0.05, 0) is 110 Å². The Morgan fingerprint density at radius 1 is 0.259 bits per heavy atom. The summed E-state index contributed by atoms with van der Waals surface area (Å²) in [7, 11) is 0. The molecule has 0 bridgehead atoms. The summed E-state index contributed by atoms with van der Waals surface area (Å²) in [6.07, 6.45) is 0. The SMILES string of the molecule is c1ccc(-c2cc3c4c5c6c(cccc6ccc5n(-c5ccc(-c6ccc(-n7c8ccccc8c8ccccc87)cc6)cc5)c4c2)-c2ccccc2-3)cc1. The fourth-order valence-electron chi connectivity index (χ4n) is 9.28. The molecule has 0 atom stereocenters. The Morgan fingerprint density at radius 3 is 1.46 bits per heavy atom. The van der Waals surface area contributed by atoms with Crippen molar-refractivity contribution >= 4 is 54.4 Å². The van der Waals surface area contributed by atoms with Crippen LogP contribution in [0.5, 0.6) is 0 Å². The number of para-hydroxylation sites is 2. The molecule has 2 heterocycles. The quantitative estimate of drug-likeness (QED) is 0.175. The van der Waals surface area contributed by atoms with Gasteiger partial charge in [-0.3, -0.25) is 0 Å². The average Bonchev–Trinajstić information content (AvgIpc) is 3.72. The highest BCUT2D eigenvalue weighted by molar-refractivity contribution is 6.31. The van der Waals surface area contributed by atoms with Crippen molar-refractivity contribution in [1.82, 2.24) is 9.13 Å². The molecule has 2 nitrogen and oxygen atoms in total. The lowest BCUT2D eigenvalue weighted by atomic mass is 9.92. The maximum atomic E-state index is 2.49. The first-order valence-electron chi connectivity index (χ1n) is 18.7. The summed E-state index contributed by atoms with van der Waals surface area (Å²) in [5.74, 6) is 0. The molecule has 0 fully saturated rings. The summed E-state index contributed by atoms with van der Waals surface area (Å²) in [4.78, 5) is 0. The minimum atomic E-state index is 1.16. The Labute approximate surface area is 312 Å². The van der Waals surface area contributed by atoms with Crippen molar-refractivity contribution in [2.75, 3.05) is 0 Å². The zero-order chi connectivity index (χ0) is 35.3. The average molecular weight is 685 g/mol. The van der Waals surface area contributed by atoms with E-state index in [1.54, 1.807) is 0 Å². The van der Waals surface area contributed by atoms with Crippen LogP contribution in [0.4, 0.5) is 0 Å². The Morgan fingerprint density at radius 2 is 0.796 bits per heavy atom. The third kappa shape index (κ3) is 4.11. The lowest BCUT2D eigenvalue weighted by Gasteiger charge is -2.15. The first-order chi connectivity index (χ1) is 26.8. The van der Waals surface area contributed by atoms with Crippen LogP contribution in [-0.2, 0) is 0 Å². The molecule has 0 radical (unpaired) electrons. The highest BCUT2D eigenvalue weighted by atomic mass is 15.0. The Hall–Kier alpha value is -7.16. The van der Waals surface area contributed by atoms with E-state index < -0.39 is 0 Å². The van der Waals surface area contributed by atoms with E-state index in [-0.39, 0.29) is 0 Å². The van der Waals surface area contributed by atoms with Gasteiger partial charge in [0, 0.05) is 32.9 Å². The lowest BCUT2D eigenvalue weighted by Crippen LogP contribution is -1.96. The van der Waals surface area contributed by atoms with Crippen LogP contribution in [0.1, 0.15) is 0 Å². The molecule has 9 aromatic carbocycles. The third-order valence-electron chi connectivity index (χ3n) is 11.7. The molecule has 2 aromatic heterocycles. The zero-order valence-corrected chi connectivity index (χ0v) is 29.4. The van der Waals surface area contributed by atoms with Crippen molar-refractivity contribution in [1.29, 1.82) is 0 Å². The fourth-order valence-corrected chi connectivity index (χ4v) is 9.28. The topological polar surface area (TPSA) is 9.86 Å². The maximum absolute atomic E-state index is 2.49. The highest BCUT2D eigenvalue weighted by Gasteiger charge is 2.25. The van der Waals surface area contributed by atoms with Gasteiger partial charge in [0.2, 0.25) is 0 Å². The van der Waals surface area contributed by atoms with E-state index in [0.717, 1.165) is 11.4 Å². The van der Waals surface area contributed by atoms with E-state index in [1.165, 1.54) is 98.9 Å². The lowest BCUT2D eigenvalue weighted by molar-refractivity contribution is 1.18. The molecule has 0 unspecified atom stereocenters. The van der Waals surface area contributed by atoms with Gasteiger partial charge in [0.25, 0.3) is 0 Å². The van der Waals surface area contributed by atoms with Crippen molar-refractivity contribution in [3.05, 3.63) is 194 Å². The number of hydrogen-bond acceptors (Lipinski definition) is 0. The summed E-state index contributed by atoms with van der Waals surface area (Å²) in [5, 5.41) is 7.80. The molecule has 12 rings (SSSR count). The number of hydrogen-bond donors (Lipinski definition) is 0. The van der Waals surface area contributed by atoms with Gasteiger partial charge in [0.1, 0.15) is 0 Å². The molecule has 0 aliphatic heterocycles. The predicted octanol–water partition coefficient (Wildman–Crippen LogP) is 14.0. The minimum Gasteiger partial charge on any atom is -0.309 e. The Bertz CT molecular complexity index is 3240. The second kappa shape index (κ2) is 11.2. The summed E-state index contributed by atoms with van der Waals surface area (Å²) >= 11 is 0. The van der Waals surface area contributed by atoms with Crippen LogP contribution < -0.4 is 0 Å². The predicted molar refractivity (Wildman–Crippen MR) is 228 cm³/mol. The Kier molecular flexibility index (Phi) is 6.09. The van der Waals surface area contributed by atoms with E-state index in [1.807, 2.05) is 0 Å². The van der Waals surface area contributed by atoms with Gasteiger partial charge in [-0.25, -0.2) is 0 Å². The molecular weight excluding hydrogens is 653 g/mol. The van der Waals surface area contributed by atoms with Gasteiger partial charge in [-0.1, -0.05) is 140 Å². The van der Waals surface area contributed by atoms with Crippen LogP contribution in [0, 0.1) is 0 Å². The zero-order valence-electron chi connectivity index (χ0n) is 29.4. The second-order valence-electron chi connectivity index (χ2n) is 14.5. The van der Waals surface area contributed by atoms with Gasteiger partial charge in [-0.15, -0.1) is 0 Å².